The summed E-state index contributed by atoms with van der Waals surface area (Å²) in [5.74, 6) is -0.549. The third-order valence-corrected chi connectivity index (χ3v) is 1.44. The minimum absolute atomic E-state index is 0.150. The molecule has 1 rings (SSSR count). The number of carbonyl (C=O) groups excluding carboxylic acids is 1. The number of hydrogen-bond acceptors (Lipinski definition) is 5. The minimum atomic E-state index is -0.609. The summed E-state index contributed by atoms with van der Waals surface area (Å²) in [7, 11) is 1.21. The lowest BCUT2D eigenvalue weighted by atomic mass is 10.3. The number of esters is 1. The van der Waals surface area contributed by atoms with E-state index in [4.69, 9.17) is 0 Å². The summed E-state index contributed by atoms with van der Waals surface area (Å²) in [5, 5.41) is 16.2. The first-order chi connectivity index (χ1) is 6.15. The van der Waals surface area contributed by atoms with Gasteiger partial charge in [-0.15, -0.1) is 0 Å². The zero-order valence-corrected chi connectivity index (χ0v) is 6.81. The summed E-state index contributed by atoms with van der Waals surface area (Å²) >= 11 is 0. The van der Waals surface area contributed by atoms with Crippen LogP contribution >= 0.6 is 0 Å². The van der Waals surface area contributed by atoms with Gasteiger partial charge < -0.3 is 4.74 Å². The lowest BCUT2D eigenvalue weighted by Crippen LogP contribution is -2.06. The quantitative estimate of drug-likeness (QED) is 0.407. The Balaban J connectivity index is 2.82. The van der Waals surface area contributed by atoms with Crippen LogP contribution in [0, 0.1) is 10.1 Å². The van der Waals surface area contributed by atoms with Gasteiger partial charge in [0, 0.05) is 0 Å². The van der Waals surface area contributed by atoms with Gasteiger partial charge in [0.2, 0.25) is 0 Å². The Labute approximate surface area is 72.9 Å². The molecule has 7 nitrogen and oxygen atoms in total. The topological polar surface area (TPSA) is 98.1 Å². The van der Waals surface area contributed by atoms with Crippen molar-refractivity contribution in [1.82, 2.24) is 10.2 Å². The molecule has 0 amide bonds. The molecular formula is C6H7N3O4. The van der Waals surface area contributed by atoms with E-state index in [0.29, 0.717) is 0 Å². The number of nitrogens with one attached hydrogen (secondary N) is 1. The van der Waals surface area contributed by atoms with E-state index >= 15 is 0 Å². The molecule has 1 N–H and O–H groups in total. The molecule has 0 aliphatic heterocycles. The Morgan fingerprint density at radius 3 is 3.08 bits per heavy atom. The third-order valence-electron chi connectivity index (χ3n) is 1.44. The molecule has 0 saturated heterocycles. The molecule has 1 aromatic rings. The van der Waals surface area contributed by atoms with Crippen molar-refractivity contribution in [2.45, 2.75) is 6.42 Å². The van der Waals surface area contributed by atoms with Crippen LogP contribution in [0.4, 0.5) is 5.69 Å². The number of rotatable bonds is 3. The van der Waals surface area contributed by atoms with Gasteiger partial charge in [-0.3, -0.25) is 20.0 Å². The number of ether oxygens (including phenoxy) is 1. The van der Waals surface area contributed by atoms with Gasteiger partial charge in [-0.25, -0.2) is 0 Å². The number of nitro groups is 1. The van der Waals surface area contributed by atoms with Crippen molar-refractivity contribution < 1.29 is 14.5 Å². The van der Waals surface area contributed by atoms with Gasteiger partial charge in [0.25, 0.3) is 0 Å². The maximum atomic E-state index is 10.8. The van der Waals surface area contributed by atoms with Crippen LogP contribution in [-0.4, -0.2) is 28.2 Å². The molecule has 0 atom stereocenters. The van der Waals surface area contributed by atoms with Crippen molar-refractivity contribution in [3.8, 4) is 0 Å². The largest absolute Gasteiger partial charge is 0.469 e. The summed E-state index contributed by atoms with van der Waals surface area (Å²) in [6.07, 6.45) is 0.880. The van der Waals surface area contributed by atoms with Crippen molar-refractivity contribution in [1.29, 1.82) is 0 Å². The Morgan fingerprint density at radius 1 is 1.85 bits per heavy atom. The number of aromatic nitrogens is 2. The second kappa shape index (κ2) is 3.65. The molecule has 13 heavy (non-hydrogen) atoms. The fourth-order valence-electron chi connectivity index (χ4n) is 0.810. The highest BCUT2D eigenvalue weighted by atomic mass is 16.6. The summed E-state index contributed by atoms with van der Waals surface area (Å²) in [6.45, 7) is 0. The molecule has 0 spiro atoms. The summed E-state index contributed by atoms with van der Waals surface area (Å²) < 4.78 is 4.35. The van der Waals surface area contributed by atoms with Crippen LogP contribution in [0.2, 0.25) is 0 Å². The van der Waals surface area contributed by atoms with Gasteiger partial charge in [-0.05, 0) is 0 Å². The Hall–Kier alpha value is -1.92. The van der Waals surface area contributed by atoms with E-state index < -0.39 is 10.9 Å². The molecule has 0 fully saturated rings. The van der Waals surface area contributed by atoms with E-state index in [2.05, 4.69) is 14.9 Å². The monoisotopic (exact) mass is 185 g/mol. The van der Waals surface area contributed by atoms with Crippen LogP contribution in [0.25, 0.3) is 0 Å². The van der Waals surface area contributed by atoms with Gasteiger partial charge in [0.1, 0.15) is 11.9 Å². The highest BCUT2D eigenvalue weighted by molar-refractivity contribution is 5.73. The molecule has 0 radical (unpaired) electrons. The van der Waals surface area contributed by atoms with Crippen molar-refractivity contribution in [2.75, 3.05) is 7.11 Å². The molecular weight excluding hydrogens is 178 g/mol. The molecule has 0 aliphatic rings. The average Bonchev–Trinajstić information content (AvgIpc) is 2.52. The van der Waals surface area contributed by atoms with Crippen LogP contribution in [0.15, 0.2) is 6.20 Å². The Kier molecular flexibility index (Phi) is 2.58. The van der Waals surface area contributed by atoms with Crippen molar-refractivity contribution in [2.24, 2.45) is 0 Å². The molecule has 7 heteroatoms. The molecule has 1 heterocycles. The second-order valence-corrected chi connectivity index (χ2v) is 2.24. The van der Waals surface area contributed by atoms with Crippen molar-refractivity contribution in [3.05, 3.63) is 22.0 Å². The van der Waals surface area contributed by atoms with E-state index in [-0.39, 0.29) is 17.8 Å². The number of nitrogens with zero attached hydrogens (tertiary/aromatic N) is 2. The van der Waals surface area contributed by atoms with E-state index in [9.17, 15) is 14.9 Å². The number of methoxy groups -OCH3 is 1. The molecule has 0 bridgehead atoms. The zero-order chi connectivity index (χ0) is 9.84. The van der Waals surface area contributed by atoms with E-state index in [1.165, 1.54) is 7.11 Å². The smallest absolute Gasteiger partial charge is 0.311 e. The number of aromatic amines is 1. The van der Waals surface area contributed by atoms with E-state index in [1.54, 1.807) is 0 Å². The fraction of sp³-hybridized carbons (Fsp3) is 0.333. The SMILES string of the molecule is COC(=O)Cc1[nH]ncc1[N+](=O)[O-]. The number of H-pyrrole nitrogens is 1. The highest BCUT2D eigenvalue weighted by Gasteiger charge is 2.18. The lowest BCUT2D eigenvalue weighted by molar-refractivity contribution is -0.385. The summed E-state index contributed by atoms with van der Waals surface area (Å²) in [6, 6.07) is 0. The number of carbonyl (C=O) groups is 1. The first-order valence-electron chi connectivity index (χ1n) is 3.38. The van der Waals surface area contributed by atoms with Crippen molar-refractivity contribution >= 4 is 11.7 Å². The van der Waals surface area contributed by atoms with Gasteiger partial charge in [0.15, 0.2) is 0 Å². The Bertz CT molecular complexity index is 332. The van der Waals surface area contributed by atoms with Gasteiger partial charge in [-0.2, -0.15) is 5.10 Å². The highest BCUT2D eigenvalue weighted by Crippen LogP contribution is 2.14. The molecule has 70 valence electrons. The van der Waals surface area contributed by atoms with Gasteiger partial charge in [0.05, 0.1) is 18.5 Å². The van der Waals surface area contributed by atoms with Crippen LogP contribution in [0.1, 0.15) is 5.69 Å². The summed E-state index contributed by atoms with van der Waals surface area (Å²) in [4.78, 5) is 20.5. The third kappa shape index (κ3) is 2.01. The normalized spacial score (nSPS) is 9.62. The van der Waals surface area contributed by atoms with E-state index in [1.807, 2.05) is 0 Å². The average molecular weight is 185 g/mol. The van der Waals surface area contributed by atoms with Crippen LogP contribution in [-0.2, 0) is 16.0 Å². The maximum Gasteiger partial charge on any atom is 0.311 e. The van der Waals surface area contributed by atoms with Crippen LogP contribution in [0.5, 0.6) is 0 Å². The second-order valence-electron chi connectivity index (χ2n) is 2.24. The van der Waals surface area contributed by atoms with Crippen LogP contribution in [0.3, 0.4) is 0 Å². The Morgan fingerprint density at radius 2 is 2.54 bits per heavy atom. The maximum absolute atomic E-state index is 10.8. The lowest BCUT2D eigenvalue weighted by Gasteiger charge is -1.95. The van der Waals surface area contributed by atoms with Crippen LogP contribution < -0.4 is 0 Å². The zero-order valence-electron chi connectivity index (χ0n) is 6.81. The molecule has 0 aliphatic carbocycles. The summed E-state index contributed by atoms with van der Waals surface area (Å²) in [5.41, 5.74) is -0.0535. The van der Waals surface area contributed by atoms with Crippen molar-refractivity contribution in [3.63, 3.8) is 0 Å². The fourth-order valence-corrected chi connectivity index (χ4v) is 0.810. The molecule has 1 aromatic heterocycles. The van der Waals surface area contributed by atoms with Gasteiger partial charge >= 0.3 is 11.7 Å². The van der Waals surface area contributed by atoms with Gasteiger partial charge in [-0.1, -0.05) is 0 Å². The standard InChI is InChI=1S/C6H7N3O4/c1-13-6(10)2-4-5(9(11)12)3-7-8-4/h3H,2H2,1H3,(H,7,8). The number of hydrogen-bond donors (Lipinski definition) is 1. The first kappa shape index (κ1) is 9.17. The molecule has 0 aromatic carbocycles. The minimum Gasteiger partial charge on any atom is -0.469 e. The molecule has 0 saturated carbocycles. The molecule has 0 unspecified atom stereocenters. The first-order valence-corrected chi connectivity index (χ1v) is 3.38. The van der Waals surface area contributed by atoms with E-state index in [0.717, 1.165) is 6.20 Å². The predicted molar refractivity (Wildman–Crippen MR) is 41.0 cm³/mol. The predicted octanol–water partition coefficient (Wildman–Crippen LogP) is 0.0334.